The molecule has 0 spiro atoms. The first-order valence-corrected chi connectivity index (χ1v) is 11.2. The minimum Gasteiger partial charge on any atom is -0.330 e. The highest BCUT2D eigenvalue weighted by Crippen LogP contribution is 2.29. The van der Waals surface area contributed by atoms with Crippen LogP contribution in [0.3, 0.4) is 0 Å². The van der Waals surface area contributed by atoms with Gasteiger partial charge in [0.15, 0.2) is 0 Å². The number of nitrogens with zero attached hydrogens (tertiary/aromatic N) is 2. The molecule has 142 valence electrons. The van der Waals surface area contributed by atoms with Crippen LogP contribution in [-0.2, 0) is 20.0 Å². The van der Waals surface area contributed by atoms with E-state index in [4.69, 9.17) is 5.73 Å². The number of sulfonamides is 2. The van der Waals surface area contributed by atoms with Gasteiger partial charge in [-0.3, -0.25) is 0 Å². The Kier molecular flexibility index (Phi) is 5.95. The summed E-state index contributed by atoms with van der Waals surface area (Å²) in [5, 5.41) is 0. The van der Waals surface area contributed by atoms with E-state index in [0.29, 0.717) is 19.6 Å². The molecule has 1 aliphatic heterocycles. The largest absolute Gasteiger partial charge is 0.330 e. The maximum absolute atomic E-state index is 13.0. The first-order valence-electron chi connectivity index (χ1n) is 8.28. The molecule has 0 radical (unpaired) electrons. The lowest BCUT2D eigenvalue weighted by molar-refractivity contribution is 0.291. The summed E-state index contributed by atoms with van der Waals surface area (Å²) in [6.07, 6.45) is 1.58. The number of nitrogens with two attached hydrogens (primary N) is 1. The molecule has 0 bridgehead atoms. The Bertz CT molecular complexity index is 814. The van der Waals surface area contributed by atoms with Crippen molar-refractivity contribution in [2.24, 2.45) is 11.1 Å². The quantitative estimate of drug-likeness (QED) is 0.752. The zero-order valence-electron chi connectivity index (χ0n) is 15.0. The van der Waals surface area contributed by atoms with Crippen LogP contribution in [0, 0.1) is 5.41 Å². The Hall–Kier alpha value is -1.00. The molecule has 0 aliphatic carbocycles. The highest BCUT2D eigenvalue weighted by atomic mass is 32.2. The summed E-state index contributed by atoms with van der Waals surface area (Å²) in [6.45, 7) is 5.10. The van der Waals surface area contributed by atoms with Crippen molar-refractivity contribution >= 4 is 20.0 Å². The number of rotatable bonds is 7. The van der Waals surface area contributed by atoms with Crippen LogP contribution in [-0.4, -0.2) is 58.7 Å². The van der Waals surface area contributed by atoms with Crippen molar-refractivity contribution in [1.82, 2.24) is 8.61 Å². The first-order chi connectivity index (χ1) is 11.5. The molecule has 0 amide bonds. The van der Waals surface area contributed by atoms with E-state index in [0.717, 1.165) is 12.8 Å². The smallest absolute Gasteiger partial charge is 0.244 e. The Morgan fingerprint density at radius 3 is 2.12 bits per heavy atom. The van der Waals surface area contributed by atoms with Gasteiger partial charge in [-0.25, -0.2) is 21.1 Å². The molecule has 1 aromatic carbocycles. The van der Waals surface area contributed by atoms with E-state index >= 15 is 0 Å². The van der Waals surface area contributed by atoms with Gasteiger partial charge in [0.2, 0.25) is 20.0 Å². The third kappa shape index (κ3) is 4.22. The predicted octanol–water partition coefficient (Wildman–Crippen LogP) is 1.08. The molecule has 1 saturated heterocycles. The van der Waals surface area contributed by atoms with Crippen LogP contribution < -0.4 is 5.73 Å². The van der Waals surface area contributed by atoms with Gasteiger partial charge in [0.1, 0.15) is 9.79 Å². The van der Waals surface area contributed by atoms with Gasteiger partial charge in [-0.1, -0.05) is 26.0 Å². The van der Waals surface area contributed by atoms with E-state index in [-0.39, 0.29) is 16.3 Å². The first kappa shape index (κ1) is 20.3. The third-order valence-electron chi connectivity index (χ3n) is 4.42. The van der Waals surface area contributed by atoms with Crippen LogP contribution >= 0.6 is 0 Å². The zero-order chi connectivity index (χ0) is 18.9. The molecule has 1 aliphatic rings. The fourth-order valence-corrected chi connectivity index (χ4v) is 6.51. The lowest BCUT2D eigenvalue weighted by atomic mass is 9.94. The molecule has 1 fully saturated rings. The lowest BCUT2D eigenvalue weighted by Crippen LogP contribution is -2.40. The van der Waals surface area contributed by atoms with Gasteiger partial charge in [0, 0.05) is 26.7 Å². The van der Waals surface area contributed by atoms with Crippen LogP contribution in [0.15, 0.2) is 34.1 Å². The van der Waals surface area contributed by atoms with E-state index < -0.39 is 25.5 Å². The normalized spacial score (nSPS) is 17.3. The average Bonchev–Trinajstić information content (AvgIpc) is 3.09. The van der Waals surface area contributed by atoms with E-state index in [2.05, 4.69) is 0 Å². The summed E-state index contributed by atoms with van der Waals surface area (Å²) in [5.74, 6) is 0. The predicted molar refractivity (Wildman–Crippen MR) is 97.1 cm³/mol. The molecule has 25 heavy (non-hydrogen) atoms. The van der Waals surface area contributed by atoms with E-state index in [1.165, 1.54) is 33.9 Å². The zero-order valence-corrected chi connectivity index (χ0v) is 16.6. The molecule has 1 aromatic rings. The second-order valence-electron chi connectivity index (χ2n) is 7.19. The summed E-state index contributed by atoms with van der Waals surface area (Å²) in [4.78, 5) is -0.341. The molecule has 7 nitrogen and oxygen atoms in total. The minimum atomic E-state index is -3.95. The van der Waals surface area contributed by atoms with Gasteiger partial charge in [-0.2, -0.15) is 4.31 Å². The molecule has 1 heterocycles. The van der Waals surface area contributed by atoms with E-state index in [1.807, 2.05) is 13.8 Å². The Labute approximate surface area is 150 Å². The van der Waals surface area contributed by atoms with Gasteiger partial charge in [0.05, 0.1) is 0 Å². The van der Waals surface area contributed by atoms with Crippen molar-refractivity contribution in [3.8, 4) is 0 Å². The lowest BCUT2D eigenvalue weighted by Gasteiger charge is -2.29. The van der Waals surface area contributed by atoms with Crippen molar-refractivity contribution in [3.63, 3.8) is 0 Å². The molecule has 2 rings (SSSR count). The van der Waals surface area contributed by atoms with Crippen molar-refractivity contribution in [2.75, 3.05) is 33.2 Å². The van der Waals surface area contributed by atoms with Crippen LogP contribution in [0.25, 0.3) is 0 Å². The Morgan fingerprint density at radius 2 is 1.60 bits per heavy atom. The summed E-state index contributed by atoms with van der Waals surface area (Å²) < 4.78 is 54.3. The maximum atomic E-state index is 13.0. The molecule has 9 heteroatoms. The van der Waals surface area contributed by atoms with Crippen LogP contribution in [0.5, 0.6) is 0 Å². The number of hydrogen-bond acceptors (Lipinski definition) is 5. The fourth-order valence-electron chi connectivity index (χ4n) is 2.86. The molecular weight excluding hydrogens is 362 g/mol. The molecular formula is C16H27N3O4S2. The topological polar surface area (TPSA) is 101 Å². The van der Waals surface area contributed by atoms with Crippen molar-refractivity contribution in [2.45, 2.75) is 36.5 Å². The average molecular weight is 390 g/mol. The highest BCUT2D eigenvalue weighted by Gasteiger charge is 2.35. The molecule has 0 atom stereocenters. The maximum Gasteiger partial charge on any atom is 0.244 e. The van der Waals surface area contributed by atoms with Gasteiger partial charge in [-0.15, -0.1) is 0 Å². The Balaban J connectivity index is 2.46. The van der Waals surface area contributed by atoms with E-state index in [9.17, 15) is 16.8 Å². The second-order valence-corrected chi connectivity index (χ2v) is 11.1. The van der Waals surface area contributed by atoms with Crippen LogP contribution in [0.4, 0.5) is 0 Å². The highest BCUT2D eigenvalue weighted by molar-refractivity contribution is 7.92. The number of benzene rings is 1. The van der Waals surface area contributed by atoms with Crippen LogP contribution in [0.1, 0.15) is 26.7 Å². The van der Waals surface area contributed by atoms with Crippen molar-refractivity contribution < 1.29 is 16.8 Å². The molecule has 0 saturated carbocycles. The molecule has 0 aromatic heterocycles. The monoisotopic (exact) mass is 389 g/mol. The van der Waals surface area contributed by atoms with Crippen molar-refractivity contribution in [1.29, 1.82) is 0 Å². The van der Waals surface area contributed by atoms with Gasteiger partial charge in [-0.05, 0) is 36.9 Å². The summed E-state index contributed by atoms with van der Waals surface area (Å²) in [7, 11) is -6.34. The SMILES string of the molecule is CN(CC(C)(C)CN)S(=O)(=O)c1ccccc1S(=O)(=O)N1CCCC1. The minimum absolute atomic E-state index is 0.158. The van der Waals surface area contributed by atoms with Crippen LogP contribution in [0.2, 0.25) is 0 Å². The van der Waals surface area contributed by atoms with Gasteiger partial charge < -0.3 is 5.73 Å². The number of hydrogen-bond donors (Lipinski definition) is 1. The van der Waals surface area contributed by atoms with Gasteiger partial charge in [0.25, 0.3) is 0 Å². The summed E-state index contributed by atoms with van der Waals surface area (Å²) in [5.41, 5.74) is 5.28. The standard InChI is InChI=1S/C16H27N3O4S2/c1-16(2,12-17)13-18(3)24(20,21)14-8-4-5-9-15(14)25(22,23)19-10-6-7-11-19/h4-5,8-9H,6-7,10-13,17H2,1-3H3. The van der Waals surface area contributed by atoms with Crippen molar-refractivity contribution in [3.05, 3.63) is 24.3 Å². The summed E-state index contributed by atoms with van der Waals surface area (Å²) >= 11 is 0. The second kappa shape index (κ2) is 7.32. The molecule has 2 N–H and O–H groups in total. The summed E-state index contributed by atoms with van der Waals surface area (Å²) in [6, 6.07) is 5.80. The van der Waals surface area contributed by atoms with Gasteiger partial charge >= 0.3 is 0 Å². The fraction of sp³-hybridized carbons (Fsp3) is 0.625. The molecule has 0 unspecified atom stereocenters. The van der Waals surface area contributed by atoms with E-state index in [1.54, 1.807) is 6.07 Å². The Morgan fingerprint density at radius 1 is 1.08 bits per heavy atom. The third-order valence-corrected chi connectivity index (χ3v) is 8.37.